The predicted octanol–water partition coefficient (Wildman–Crippen LogP) is 6.38. The maximum absolute atomic E-state index is 12.5. The number of benzene rings is 3. The number of carbonyl (C=O) groups is 1. The number of nitriles is 1. The van der Waals surface area contributed by atoms with E-state index in [1.807, 2.05) is 13.0 Å². The molecule has 10 heteroatoms. The molecule has 0 bridgehead atoms. The van der Waals surface area contributed by atoms with Gasteiger partial charge >= 0.3 is 10.1 Å². The van der Waals surface area contributed by atoms with E-state index in [1.165, 1.54) is 48.5 Å². The highest BCUT2D eigenvalue weighted by molar-refractivity contribution is 9.10. The van der Waals surface area contributed by atoms with Gasteiger partial charge < -0.3 is 9.50 Å². The van der Waals surface area contributed by atoms with Crippen LogP contribution in [0.15, 0.2) is 75.6 Å². The molecule has 3 rings (SSSR count). The van der Waals surface area contributed by atoms with Gasteiger partial charge in [-0.3, -0.25) is 4.79 Å². The van der Waals surface area contributed by atoms with Gasteiger partial charge in [0.05, 0.1) is 14.5 Å². The minimum atomic E-state index is -4.03. The average molecular weight is 566 g/mol. The maximum Gasteiger partial charge on any atom is 0.339 e. The lowest BCUT2D eigenvalue weighted by Crippen LogP contribution is -2.13. The summed E-state index contributed by atoms with van der Waals surface area (Å²) in [6.45, 7) is 1.85. The molecule has 6 nitrogen and oxygen atoms in total. The topological polar surface area (TPSA) is 96.3 Å². The van der Waals surface area contributed by atoms with Crippen molar-refractivity contribution in [2.24, 2.45) is 0 Å². The van der Waals surface area contributed by atoms with Crippen LogP contribution in [0.1, 0.15) is 11.1 Å². The molecular weight excluding hydrogens is 551 g/mol. The van der Waals surface area contributed by atoms with E-state index in [1.54, 1.807) is 18.2 Å². The highest BCUT2D eigenvalue weighted by Crippen LogP contribution is 2.30. The van der Waals surface area contributed by atoms with Crippen LogP contribution in [0.2, 0.25) is 10.0 Å². The fourth-order valence-electron chi connectivity index (χ4n) is 2.63. The second-order valence-electron chi connectivity index (χ2n) is 6.79. The third-order valence-electron chi connectivity index (χ3n) is 4.32. The first-order valence-corrected chi connectivity index (χ1v) is 12.2. The van der Waals surface area contributed by atoms with Crippen molar-refractivity contribution in [3.05, 3.63) is 91.9 Å². The third-order valence-corrected chi connectivity index (χ3v) is 6.93. The Morgan fingerprint density at radius 2 is 1.76 bits per heavy atom. The summed E-state index contributed by atoms with van der Waals surface area (Å²) < 4.78 is 30.6. The van der Waals surface area contributed by atoms with Crippen LogP contribution >= 0.6 is 39.1 Å². The molecule has 1 N–H and O–H groups in total. The molecule has 0 aliphatic rings. The Morgan fingerprint density at radius 3 is 2.36 bits per heavy atom. The minimum absolute atomic E-state index is 0.0229. The number of amides is 1. The molecule has 3 aromatic rings. The molecule has 0 heterocycles. The monoisotopic (exact) mass is 564 g/mol. The number of nitrogens with zero attached hydrogens (tertiary/aromatic N) is 1. The smallest absolute Gasteiger partial charge is 0.339 e. The van der Waals surface area contributed by atoms with Gasteiger partial charge in [-0.1, -0.05) is 47.0 Å². The lowest BCUT2D eigenvalue weighted by atomic mass is 10.1. The van der Waals surface area contributed by atoms with E-state index in [4.69, 9.17) is 27.4 Å². The Hall–Kier alpha value is -2.83. The summed E-state index contributed by atoms with van der Waals surface area (Å²) in [7, 11) is -4.03. The van der Waals surface area contributed by atoms with Crippen LogP contribution < -0.4 is 9.50 Å². The van der Waals surface area contributed by atoms with Crippen LogP contribution in [0, 0.1) is 18.3 Å². The number of nitrogens with one attached hydrogen (secondary N) is 1. The van der Waals surface area contributed by atoms with Gasteiger partial charge in [0.25, 0.3) is 5.91 Å². The quantitative estimate of drug-likeness (QED) is 0.212. The highest BCUT2D eigenvalue weighted by atomic mass is 79.9. The van der Waals surface area contributed by atoms with Gasteiger partial charge in [0.15, 0.2) is 5.75 Å². The van der Waals surface area contributed by atoms with Crippen LogP contribution in [0.25, 0.3) is 6.08 Å². The number of halogens is 3. The fourth-order valence-corrected chi connectivity index (χ4v) is 4.46. The van der Waals surface area contributed by atoms with Crippen molar-refractivity contribution in [2.75, 3.05) is 5.32 Å². The predicted molar refractivity (Wildman–Crippen MR) is 132 cm³/mol. The molecule has 3 aromatic carbocycles. The summed E-state index contributed by atoms with van der Waals surface area (Å²) in [6, 6.07) is 17.1. The molecule has 0 aliphatic carbocycles. The van der Waals surface area contributed by atoms with E-state index in [-0.39, 0.29) is 21.2 Å². The molecule has 0 aromatic heterocycles. The average Bonchev–Trinajstić information content (AvgIpc) is 2.76. The Balaban J connectivity index is 1.80. The van der Waals surface area contributed by atoms with E-state index in [2.05, 4.69) is 21.2 Å². The summed E-state index contributed by atoms with van der Waals surface area (Å²) in [5.41, 5.74) is 1.60. The minimum Gasteiger partial charge on any atom is -0.378 e. The van der Waals surface area contributed by atoms with E-state index in [0.29, 0.717) is 20.7 Å². The van der Waals surface area contributed by atoms with Crippen molar-refractivity contribution in [2.45, 2.75) is 11.8 Å². The Labute approximate surface area is 209 Å². The molecule has 0 unspecified atom stereocenters. The van der Waals surface area contributed by atoms with Crippen LogP contribution in [0.4, 0.5) is 5.69 Å². The maximum atomic E-state index is 12.5. The third kappa shape index (κ3) is 6.36. The zero-order valence-corrected chi connectivity index (χ0v) is 20.9. The van der Waals surface area contributed by atoms with Crippen molar-refractivity contribution in [1.29, 1.82) is 5.26 Å². The molecule has 33 heavy (non-hydrogen) atoms. The lowest BCUT2D eigenvalue weighted by molar-refractivity contribution is -0.112. The second-order valence-corrected chi connectivity index (χ2v) is 10.0. The van der Waals surface area contributed by atoms with Gasteiger partial charge in [0.2, 0.25) is 0 Å². The molecular formula is C23H15BrCl2N2O4S. The van der Waals surface area contributed by atoms with Gasteiger partial charge in [0, 0.05) is 5.69 Å². The first-order valence-electron chi connectivity index (χ1n) is 9.28. The van der Waals surface area contributed by atoms with E-state index in [9.17, 15) is 18.5 Å². The van der Waals surface area contributed by atoms with Gasteiger partial charge in [-0.15, -0.1) is 0 Å². The summed E-state index contributed by atoms with van der Waals surface area (Å²) in [6.07, 6.45) is 1.36. The number of rotatable bonds is 6. The number of aryl methyl sites for hydroxylation is 1. The largest absolute Gasteiger partial charge is 0.378 e. The van der Waals surface area contributed by atoms with Gasteiger partial charge in [-0.2, -0.15) is 13.7 Å². The van der Waals surface area contributed by atoms with Crippen LogP contribution in [0.5, 0.6) is 5.75 Å². The number of anilines is 1. The molecule has 168 valence electrons. The van der Waals surface area contributed by atoms with E-state index >= 15 is 0 Å². The molecule has 0 saturated heterocycles. The number of carbonyl (C=O) groups excluding carboxylic acids is 1. The molecule has 0 spiro atoms. The van der Waals surface area contributed by atoms with E-state index < -0.39 is 16.0 Å². The van der Waals surface area contributed by atoms with Gasteiger partial charge in [-0.05, 0) is 77.0 Å². The van der Waals surface area contributed by atoms with Crippen LogP contribution in [-0.2, 0) is 14.9 Å². The first-order chi connectivity index (χ1) is 15.6. The Kier molecular flexibility index (Phi) is 7.82. The molecule has 0 saturated carbocycles. The summed E-state index contributed by atoms with van der Waals surface area (Å²) in [4.78, 5) is 12.5. The molecule has 0 radical (unpaired) electrons. The number of hydrogen-bond donors (Lipinski definition) is 1. The van der Waals surface area contributed by atoms with Crippen molar-refractivity contribution in [1.82, 2.24) is 0 Å². The zero-order chi connectivity index (χ0) is 24.2. The molecule has 0 atom stereocenters. The lowest BCUT2D eigenvalue weighted by Gasteiger charge is -2.10. The molecule has 1 amide bonds. The normalized spacial score (nSPS) is 11.5. The van der Waals surface area contributed by atoms with Crippen molar-refractivity contribution in [3.8, 4) is 11.8 Å². The van der Waals surface area contributed by atoms with Crippen molar-refractivity contribution < 1.29 is 17.4 Å². The van der Waals surface area contributed by atoms with Crippen LogP contribution in [0.3, 0.4) is 0 Å². The second kappa shape index (κ2) is 10.4. The number of hydrogen-bond acceptors (Lipinski definition) is 5. The Morgan fingerprint density at radius 1 is 1.06 bits per heavy atom. The van der Waals surface area contributed by atoms with E-state index in [0.717, 1.165) is 5.56 Å². The molecule has 0 aliphatic heterocycles. The standard InChI is InChI=1S/C23H15BrCl2N2O4S/c1-14-2-6-18(7-3-14)33(30,31)32-22-9-4-15(11-19(22)24)10-16(13-27)23(29)28-17-5-8-20(25)21(26)12-17/h2-12H,1H3,(H,28,29)/b16-10-. The Bertz CT molecular complexity index is 1400. The first kappa shape index (κ1) is 24.8. The summed E-state index contributed by atoms with van der Waals surface area (Å²) >= 11 is 15.1. The van der Waals surface area contributed by atoms with Crippen molar-refractivity contribution >= 4 is 66.9 Å². The molecule has 0 fully saturated rings. The summed E-state index contributed by atoms with van der Waals surface area (Å²) in [5.74, 6) is -0.583. The van der Waals surface area contributed by atoms with Gasteiger partial charge in [-0.25, -0.2) is 0 Å². The van der Waals surface area contributed by atoms with Crippen molar-refractivity contribution in [3.63, 3.8) is 0 Å². The summed E-state index contributed by atoms with van der Waals surface area (Å²) in [5, 5.41) is 12.6. The van der Waals surface area contributed by atoms with Gasteiger partial charge in [0.1, 0.15) is 16.5 Å². The fraction of sp³-hybridized carbons (Fsp3) is 0.0435. The van der Waals surface area contributed by atoms with Crippen LogP contribution in [-0.4, -0.2) is 14.3 Å². The highest BCUT2D eigenvalue weighted by Gasteiger charge is 2.18. The SMILES string of the molecule is Cc1ccc(S(=O)(=O)Oc2ccc(/C=C(/C#N)C(=O)Nc3ccc(Cl)c(Cl)c3)cc2Br)cc1. The zero-order valence-electron chi connectivity index (χ0n) is 17.0.